The van der Waals surface area contributed by atoms with Crippen molar-refractivity contribution in [1.29, 1.82) is 0 Å². The zero-order valence-electron chi connectivity index (χ0n) is 18.0. The number of carbonyl (C=O) groups is 2. The monoisotopic (exact) mass is 423 g/mol. The third-order valence-corrected chi connectivity index (χ3v) is 5.51. The van der Waals surface area contributed by atoms with Crippen LogP contribution in [0.2, 0.25) is 0 Å². The summed E-state index contributed by atoms with van der Waals surface area (Å²) in [4.78, 5) is 26.0. The number of para-hydroxylation sites is 1. The molecule has 0 spiro atoms. The lowest BCUT2D eigenvalue weighted by Crippen LogP contribution is -2.16. The molecule has 0 fully saturated rings. The molecule has 4 nitrogen and oxygen atoms in total. The maximum absolute atomic E-state index is 13.0. The summed E-state index contributed by atoms with van der Waals surface area (Å²) in [5.74, 6) is 0.167. The zero-order valence-corrected chi connectivity index (χ0v) is 18.0. The molecule has 0 aliphatic carbocycles. The molecule has 4 aromatic rings. The van der Waals surface area contributed by atoms with E-state index in [4.69, 9.17) is 4.74 Å². The molecule has 0 radical (unpaired) electrons. The van der Waals surface area contributed by atoms with Gasteiger partial charge in [0.05, 0.1) is 12.8 Å². The lowest BCUT2D eigenvalue weighted by Gasteiger charge is -2.15. The van der Waals surface area contributed by atoms with Crippen molar-refractivity contribution in [1.82, 2.24) is 0 Å². The van der Waals surface area contributed by atoms with E-state index >= 15 is 0 Å². The standard InChI is InChI=1S/C28H25NO3/c1-32-26-16-8-14-24(25(30)15-7-11-20-9-3-2-4-10-20)27(26)29-28(31)23-18-17-21-12-5-6-13-22(21)19-23/h2-6,8-10,12-14,16-19H,7,11,15H2,1H3,(H,29,31). The maximum atomic E-state index is 13.0. The smallest absolute Gasteiger partial charge is 0.255 e. The van der Waals surface area contributed by atoms with Crippen molar-refractivity contribution in [2.24, 2.45) is 0 Å². The number of anilines is 1. The van der Waals surface area contributed by atoms with Gasteiger partial charge in [-0.1, -0.05) is 66.7 Å². The summed E-state index contributed by atoms with van der Waals surface area (Å²) >= 11 is 0. The number of nitrogens with one attached hydrogen (secondary N) is 1. The van der Waals surface area contributed by atoms with Crippen LogP contribution in [-0.4, -0.2) is 18.8 Å². The van der Waals surface area contributed by atoms with Crippen LogP contribution in [0, 0.1) is 0 Å². The Morgan fingerprint density at radius 1 is 0.812 bits per heavy atom. The highest BCUT2D eigenvalue weighted by molar-refractivity contribution is 6.11. The number of hydrogen-bond donors (Lipinski definition) is 1. The zero-order chi connectivity index (χ0) is 22.3. The van der Waals surface area contributed by atoms with Crippen LogP contribution < -0.4 is 10.1 Å². The first-order chi connectivity index (χ1) is 15.7. The molecule has 0 atom stereocenters. The van der Waals surface area contributed by atoms with E-state index in [-0.39, 0.29) is 11.7 Å². The first kappa shape index (κ1) is 21.3. The molecule has 0 unspecified atom stereocenters. The van der Waals surface area contributed by atoms with Gasteiger partial charge in [-0.05, 0) is 53.4 Å². The molecular weight excluding hydrogens is 398 g/mol. The van der Waals surface area contributed by atoms with Gasteiger partial charge in [0.25, 0.3) is 5.91 Å². The topological polar surface area (TPSA) is 55.4 Å². The Hall–Kier alpha value is -3.92. The molecule has 160 valence electrons. The summed E-state index contributed by atoms with van der Waals surface area (Å²) in [6.45, 7) is 0. The molecule has 4 aromatic carbocycles. The van der Waals surface area contributed by atoms with Crippen LogP contribution in [0.25, 0.3) is 10.8 Å². The molecule has 0 aliphatic heterocycles. The third kappa shape index (κ3) is 4.86. The van der Waals surface area contributed by atoms with E-state index in [1.54, 1.807) is 24.3 Å². The molecular formula is C28H25NO3. The van der Waals surface area contributed by atoms with Gasteiger partial charge in [-0.15, -0.1) is 0 Å². The number of rotatable bonds is 8. The van der Waals surface area contributed by atoms with E-state index in [2.05, 4.69) is 17.4 Å². The molecule has 0 saturated heterocycles. The number of benzene rings is 4. The second-order valence-electron chi connectivity index (χ2n) is 7.66. The lowest BCUT2D eigenvalue weighted by atomic mass is 10.0. The van der Waals surface area contributed by atoms with Gasteiger partial charge in [-0.25, -0.2) is 0 Å². The van der Waals surface area contributed by atoms with E-state index in [1.807, 2.05) is 54.6 Å². The van der Waals surface area contributed by atoms with Crippen LogP contribution in [0.3, 0.4) is 0 Å². The Morgan fingerprint density at radius 2 is 1.56 bits per heavy atom. The van der Waals surface area contributed by atoms with Crippen molar-refractivity contribution < 1.29 is 14.3 Å². The van der Waals surface area contributed by atoms with E-state index in [9.17, 15) is 9.59 Å². The van der Waals surface area contributed by atoms with Crippen molar-refractivity contribution in [3.05, 3.63) is 108 Å². The number of Topliss-reactive ketones (excluding diaryl/α,β-unsaturated/α-hetero) is 1. The highest BCUT2D eigenvalue weighted by atomic mass is 16.5. The first-order valence-corrected chi connectivity index (χ1v) is 10.7. The predicted octanol–water partition coefficient (Wildman–Crippen LogP) is 6.31. The Bertz CT molecular complexity index is 1250. The Kier molecular flexibility index (Phi) is 6.61. The van der Waals surface area contributed by atoms with E-state index in [0.29, 0.717) is 29.0 Å². The number of fused-ring (bicyclic) bond motifs is 1. The lowest BCUT2D eigenvalue weighted by molar-refractivity contribution is 0.0981. The minimum Gasteiger partial charge on any atom is -0.495 e. The van der Waals surface area contributed by atoms with Crippen LogP contribution in [0.1, 0.15) is 39.1 Å². The average Bonchev–Trinajstić information content (AvgIpc) is 2.84. The summed E-state index contributed by atoms with van der Waals surface area (Å²) in [5.41, 5.74) is 2.61. The molecule has 1 amide bonds. The van der Waals surface area contributed by atoms with Crippen LogP contribution in [-0.2, 0) is 6.42 Å². The molecule has 4 heteroatoms. The van der Waals surface area contributed by atoms with Gasteiger partial charge < -0.3 is 10.1 Å². The number of amides is 1. The number of methoxy groups -OCH3 is 1. The normalized spacial score (nSPS) is 10.7. The van der Waals surface area contributed by atoms with Crippen LogP contribution >= 0.6 is 0 Å². The molecule has 1 N–H and O–H groups in total. The van der Waals surface area contributed by atoms with Crippen molar-refractivity contribution in [2.75, 3.05) is 12.4 Å². The van der Waals surface area contributed by atoms with Crippen molar-refractivity contribution in [2.45, 2.75) is 19.3 Å². The fourth-order valence-corrected chi connectivity index (χ4v) is 3.81. The van der Waals surface area contributed by atoms with E-state index in [1.165, 1.54) is 12.7 Å². The van der Waals surface area contributed by atoms with Crippen LogP contribution in [0.4, 0.5) is 5.69 Å². The Morgan fingerprint density at radius 3 is 2.34 bits per heavy atom. The molecule has 0 saturated carbocycles. The van der Waals surface area contributed by atoms with Gasteiger partial charge in [0, 0.05) is 17.5 Å². The predicted molar refractivity (Wildman–Crippen MR) is 129 cm³/mol. The van der Waals surface area contributed by atoms with Crippen LogP contribution in [0.5, 0.6) is 5.75 Å². The number of ether oxygens (including phenoxy) is 1. The Labute approximate surface area is 187 Å². The van der Waals surface area contributed by atoms with Crippen molar-refractivity contribution in [3.63, 3.8) is 0 Å². The molecule has 0 aromatic heterocycles. The SMILES string of the molecule is COc1cccc(C(=O)CCCc2ccccc2)c1NC(=O)c1ccc2ccccc2c1. The number of ketones is 1. The highest BCUT2D eigenvalue weighted by Crippen LogP contribution is 2.30. The Balaban J connectivity index is 1.53. The highest BCUT2D eigenvalue weighted by Gasteiger charge is 2.18. The molecule has 32 heavy (non-hydrogen) atoms. The summed E-state index contributed by atoms with van der Waals surface area (Å²) < 4.78 is 5.45. The van der Waals surface area contributed by atoms with Crippen LogP contribution in [0.15, 0.2) is 91.0 Å². The molecule has 0 aliphatic rings. The average molecular weight is 424 g/mol. The maximum Gasteiger partial charge on any atom is 0.255 e. The number of hydrogen-bond acceptors (Lipinski definition) is 3. The summed E-state index contributed by atoms with van der Waals surface area (Å²) in [7, 11) is 1.53. The van der Waals surface area contributed by atoms with Crippen molar-refractivity contribution >= 4 is 28.2 Å². The number of carbonyl (C=O) groups excluding carboxylic acids is 2. The van der Waals surface area contributed by atoms with E-state index < -0.39 is 0 Å². The minimum absolute atomic E-state index is 0.0198. The summed E-state index contributed by atoms with van der Waals surface area (Å²) in [5, 5.41) is 4.96. The second-order valence-corrected chi connectivity index (χ2v) is 7.66. The molecule has 4 rings (SSSR count). The summed E-state index contributed by atoms with van der Waals surface area (Å²) in [6.07, 6.45) is 1.95. The first-order valence-electron chi connectivity index (χ1n) is 10.7. The van der Waals surface area contributed by atoms with Crippen molar-refractivity contribution in [3.8, 4) is 5.75 Å². The fraction of sp³-hybridized carbons (Fsp3) is 0.143. The minimum atomic E-state index is -0.279. The largest absolute Gasteiger partial charge is 0.495 e. The molecule has 0 bridgehead atoms. The van der Waals surface area contributed by atoms with E-state index in [0.717, 1.165) is 23.6 Å². The summed E-state index contributed by atoms with van der Waals surface area (Å²) in [6, 6.07) is 28.8. The van der Waals surface area contributed by atoms with Gasteiger partial charge in [-0.2, -0.15) is 0 Å². The third-order valence-electron chi connectivity index (χ3n) is 5.51. The quantitative estimate of drug-likeness (QED) is 0.338. The number of aryl methyl sites for hydroxylation is 1. The van der Waals surface area contributed by atoms with Gasteiger partial charge in [-0.3, -0.25) is 9.59 Å². The fourth-order valence-electron chi connectivity index (χ4n) is 3.81. The van der Waals surface area contributed by atoms with Gasteiger partial charge in [0.15, 0.2) is 5.78 Å². The second kappa shape index (κ2) is 9.92. The van der Waals surface area contributed by atoms with Gasteiger partial charge in [0.1, 0.15) is 5.75 Å². The molecule has 0 heterocycles. The van der Waals surface area contributed by atoms with Gasteiger partial charge >= 0.3 is 0 Å². The van der Waals surface area contributed by atoms with Gasteiger partial charge in [0.2, 0.25) is 0 Å².